The van der Waals surface area contributed by atoms with Gasteiger partial charge in [-0.15, -0.1) is 45.3 Å². The Bertz CT molecular complexity index is 2640. The topological polar surface area (TPSA) is 247 Å². The smallest absolute Gasteiger partial charge is 0.303 e. The van der Waals surface area contributed by atoms with Crippen LogP contribution >= 0.6 is 45.3 Å². The molecule has 2 aliphatic rings. The molecule has 2 fully saturated rings. The first-order valence-electron chi connectivity index (χ1n) is 22.6. The molecule has 74 heavy (non-hydrogen) atoms. The maximum absolute atomic E-state index is 12.9. The normalized spacial score (nSPS) is 23.3. The van der Waals surface area contributed by atoms with Gasteiger partial charge in [-0.3, -0.25) is 38.4 Å². The van der Waals surface area contributed by atoms with Crippen molar-refractivity contribution in [3.63, 3.8) is 0 Å². The van der Waals surface area contributed by atoms with Crippen LogP contribution in [0.4, 0.5) is 0 Å². The molecule has 7 rings (SSSR count). The number of benzene rings is 1. The van der Waals surface area contributed by atoms with Gasteiger partial charge in [0.1, 0.15) is 36.9 Å². The molecule has 0 radical (unpaired) electrons. The maximum Gasteiger partial charge on any atom is 0.303 e. The van der Waals surface area contributed by atoms with Gasteiger partial charge in [0.2, 0.25) is 24.8 Å². The minimum Gasteiger partial charge on any atom is -0.463 e. The van der Waals surface area contributed by atoms with Gasteiger partial charge in [-0.1, -0.05) is 12.1 Å². The largest absolute Gasteiger partial charge is 0.463 e. The maximum atomic E-state index is 12.9. The summed E-state index contributed by atoms with van der Waals surface area (Å²) < 4.78 is 71.3. The van der Waals surface area contributed by atoms with Gasteiger partial charge in [-0.2, -0.15) is 0 Å². The molecule has 2 saturated heterocycles. The number of carbonyl (C=O) groups excluding carboxylic acids is 8. The summed E-state index contributed by atoms with van der Waals surface area (Å²) in [5, 5.41) is 3.85. The molecule has 0 N–H and O–H groups in total. The van der Waals surface area contributed by atoms with Crippen molar-refractivity contribution in [1.82, 2.24) is 0 Å². The average Bonchev–Trinajstić information content (AvgIpc) is 4.17. The van der Waals surface area contributed by atoms with Gasteiger partial charge in [-0.25, -0.2) is 0 Å². The molecule has 20 nitrogen and oxygen atoms in total. The van der Waals surface area contributed by atoms with Gasteiger partial charge >= 0.3 is 47.8 Å². The lowest BCUT2D eigenvalue weighted by Gasteiger charge is -2.44. The zero-order valence-electron chi connectivity index (χ0n) is 40.9. The molecule has 394 valence electrons. The van der Waals surface area contributed by atoms with E-state index in [9.17, 15) is 38.4 Å². The number of hydrogen-bond acceptors (Lipinski definition) is 24. The van der Waals surface area contributed by atoms with Crippen LogP contribution in [0.1, 0.15) is 55.4 Å². The van der Waals surface area contributed by atoms with Crippen LogP contribution in [0.15, 0.2) is 71.4 Å². The number of thiophene rings is 4. The van der Waals surface area contributed by atoms with Crippen LogP contribution in [0.2, 0.25) is 0 Å². The number of rotatable bonds is 18. The lowest BCUT2D eigenvalue weighted by Crippen LogP contribution is -2.63. The van der Waals surface area contributed by atoms with Crippen LogP contribution < -0.4 is 9.47 Å². The molecule has 0 aliphatic carbocycles. The molecule has 6 heterocycles. The Balaban J connectivity index is 1.45. The highest BCUT2D eigenvalue weighted by atomic mass is 32.1. The van der Waals surface area contributed by atoms with Crippen molar-refractivity contribution in [3.8, 4) is 51.9 Å². The molecule has 0 spiro atoms. The summed E-state index contributed by atoms with van der Waals surface area (Å²) in [6.07, 6.45) is -15.3. The Morgan fingerprint density at radius 2 is 0.730 bits per heavy atom. The van der Waals surface area contributed by atoms with Crippen molar-refractivity contribution >= 4 is 93.1 Å². The summed E-state index contributed by atoms with van der Waals surface area (Å²) in [6.45, 7) is 7.90. The van der Waals surface area contributed by atoms with Crippen molar-refractivity contribution < 1.29 is 95.2 Å². The summed E-state index contributed by atoms with van der Waals surface area (Å²) in [5.41, 5.74) is 0.648. The molecule has 0 bridgehead atoms. The van der Waals surface area contributed by atoms with E-state index in [0.717, 1.165) is 74.9 Å². The first-order chi connectivity index (χ1) is 35.2. The van der Waals surface area contributed by atoms with Crippen molar-refractivity contribution in [2.75, 3.05) is 13.2 Å². The Morgan fingerprint density at radius 1 is 0.405 bits per heavy atom. The monoisotopic (exact) mass is 1100 g/mol. The van der Waals surface area contributed by atoms with Crippen molar-refractivity contribution in [2.24, 2.45) is 0 Å². The Labute approximate surface area is 439 Å². The third kappa shape index (κ3) is 13.9. The summed E-state index contributed by atoms with van der Waals surface area (Å²) >= 11 is 5.73. The van der Waals surface area contributed by atoms with E-state index >= 15 is 0 Å². The quantitative estimate of drug-likeness (QED) is 0.0608. The fraction of sp³-hybridized carbons (Fsp3) is 0.400. The van der Waals surface area contributed by atoms with E-state index < -0.39 is 122 Å². The van der Waals surface area contributed by atoms with E-state index in [1.165, 1.54) is 45.3 Å². The van der Waals surface area contributed by atoms with Gasteiger partial charge in [0, 0.05) is 95.8 Å². The lowest BCUT2D eigenvalue weighted by atomic mass is 9.97. The second-order valence-corrected chi connectivity index (χ2v) is 20.6. The molecule has 10 atom stereocenters. The van der Waals surface area contributed by atoms with E-state index in [4.69, 9.17) is 56.8 Å². The lowest BCUT2D eigenvalue weighted by molar-refractivity contribution is -0.288. The first kappa shape index (κ1) is 55.1. The minimum absolute atomic E-state index is 0.0699. The third-order valence-corrected chi connectivity index (χ3v) is 15.1. The van der Waals surface area contributed by atoms with Gasteiger partial charge in [0.25, 0.3) is 0 Å². The Hall–Kier alpha value is -6.70. The summed E-state index contributed by atoms with van der Waals surface area (Å²) in [6, 6.07) is 18.3. The second-order valence-electron chi connectivity index (χ2n) is 16.5. The van der Waals surface area contributed by atoms with Crippen molar-refractivity contribution in [3.05, 3.63) is 71.4 Å². The fourth-order valence-electron chi connectivity index (χ4n) is 8.03. The third-order valence-electron chi connectivity index (χ3n) is 10.7. The van der Waals surface area contributed by atoms with Crippen molar-refractivity contribution in [1.29, 1.82) is 0 Å². The second kappa shape index (κ2) is 24.6. The molecule has 4 aromatic heterocycles. The van der Waals surface area contributed by atoms with Crippen LogP contribution in [-0.4, -0.2) is 122 Å². The van der Waals surface area contributed by atoms with E-state index in [1.807, 2.05) is 59.3 Å². The van der Waals surface area contributed by atoms with E-state index in [2.05, 4.69) is 0 Å². The predicted molar refractivity (Wildman–Crippen MR) is 265 cm³/mol. The highest BCUT2D eigenvalue weighted by molar-refractivity contribution is 7.24. The molecule has 1 aromatic carbocycles. The molecule has 4 unspecified atom stereocenters. The standard InChI is InChI=1S/C50H50O20S4/c1-23(51)59-21-35-43(61-25(3)53)45(63-27(5)55)47(65-29(7)57)49(69-35)67-33-19-32(38-14-16-42(74-38)40-12-10-18-72-40)34(20-31(33)37-13-15-41(73-37)39-11-9-17-71-39)68-50-48(66-30(8)58)46(64-28(6)56)44(62-26(4)54)36(70-50)22-60-24(2)52/h9-20,35-36,43-50H,21-22H2,1-8H3/t35?,36?,43-,44-,45+,46?,47?,48+,49-,50-/m1/s1. The summed E-state index contributed by atoms with van der Waals surface area (Å²) in [4.78, 5) is 106. The zero-order valence-corrected chi connectivity index (χ0v) is 44.2. The van der Waals surface area contributed by atoms with Gasteiger partial charge in [0.15, 0.2) is 24.4 Å². The highest BCUT2D eigenvalue weighted by Gasteiger charge is 2.55. The number of ether oxygens (including phenoxy) is 12. The zero-order chi connectivity index (χ0) is 53.4. The van der Waals surface area contributed by atoms with Gasteiger partial charge in [0.05, 0.1) is 0 Å². The van der Waals surface area contributed by atoms with E-state index in [0.29, 0.717) is 20.9 Å². The van der Waals surface area contributed by atoms with E-state index in [1.54, 1.807) is 12.1 Å². The molecule has 0 saturated carbocycles. The Kier molecular flexibility index (Phi) is 18.3. The van der Waals surface area contributed by atoms with Crippen LogP contribution in [0.3, 0.4) is 0 Å². The molecule has 2 aliphatic heterocycles. The number of hydrogen-bond donors (Lipinski definition) is 0. The average molecular weight is 1100 g/mol. The van der Waals surface area contributed by atoms with Crippen LogP contribution in [0.25, 0.3) is 40.4 Å². The van der Waals surface area contributed by atoms with Crippen LogP contribution in [-0.2, 0) is 85.7 Å². The number of carbonyl (C=O) groups is 8. The molecule has 0 amide bonds. The summed E-state index contributed by atoms with van der Waals surface area (Å²) in [7, 11) is 0. The van der Waals surface area contributed by atoms with E-state index in [-0.39, 0.29) is 11.5 Å². The highest BCUT2D eigenvalue weighted by Crippen LogP contribution is 2.49. The fourth-order valence-corrected chi connectivity index (χ4v) is 11.7. The Morgan fingerprint density at radius 3 is 1.04 bits per heavy atom. The molecular formula is C50H50O20S4. The van der Waals surface area contributed by atoms with Gasteiger partial charge < -0.3 is 56.8 Å². The van der Waals surface area contributed by atoms with Crippen molar-refractivity contribution in [2.45, 2.75) is 117 Å². The first-order valence-corrected chi connectivity index (χ1v) is 26.0. The predicted octanol–water partition coefficient (Wildman–Crippen LogP) is 7.52. The van der Waals surface area contributed by atoms with Crippen LogP contribution in [0, 0.1) is 0 Å². The molecule has 24 heteroatoms. The number of esters is 8. The SMILES string of the molecule is CC(=O)OCC1O[C@@H](Oc2cc(-c3ccc(-c4cccs4)s3)c(O[C@@H]3OC(COC(C)=O)[C@@H](OC(C)=O)[C@H](OC(C)=O)C3OC(C)=O)cc2-c2ccc(-c3cccs3)s2)[C@@H](OC(C)=O)C(OC(C)=O)[C@@H]1OC(C)=O. The molecule has 5 aromatic rings. The van der Waals surface area contributed by atoms with Crippen LogP contribution in [0.5, 0.6) is 11.5 Å². The summed E-state index contributed by atoms with van der Waals surface area (Å²) in [5.74, 6) is -6.31. The van der Waals surface area contributed by atoms with Gasteiger partial charge in [-0.05, 0) is 59.3 Å². The molecular weight excluding hydrogens is 1050 g/mol. The minimum atomic E-state index is -1.67.